The highest BCUT2D eigenvalue weighted by molar-refractivity contribution is 5.93. The molecule has 1 N–H and O–H groups in total. The van der Waals surface area contributed by atoms with Gasteiger partial charge in [-0.3, -0.25) is 4.79 Å². The Bertz CT molecular complexity index is 436. The van der Waals surface area contributed by atoms with Crippen LogP contribution in [0, 0.1) is 12.8 Å². The normalized spacial score (nSPS) is 22.7. The first-order valence-electron chi connectivity index (χ1n) is 7.56. The molecule has 106 valence electrons. The SMILES string of the molecule is CCCCC1CCCC1NC(=O)c1ccc(C)n1C. The lowest BCUT2D eigenvalue weighted by Crippen LogP contribution is -2.38. The highest BCUT2D eigenvalue weighted by Gasteiger charge is 2.28. The van der Waals surface area contributed by atoms with Crippen molar-refractivity contribution < 1.29 is 4.79 Å². The van der Waals surface area contributed by atoms with Gasteiger partial charge in [0.2, 0.25) is 0 Å². The van der Waals surface area contributed by atoms with Crippen molar-refractivity contribution in [1.82, 2.24) is 9.88 Å². The van der Waals surface area contributed by atoms with E-state index in [0.717, 1.165) is 17.8 Å². The van der Waals surface area contributed by atoms with E-state index in [4.69, 9.17) is 0 Å². The van der Waals surface area contributed by atoms with Crippen molar-refractivity contribution in [3.8, 4) is 0 Å². The molecule has 0 bridgehead atoms. The zero-order valence-corrected chi connectivity index (χ0v) is 12.4. The first-order chi connectivity index (χ1) is 9.13. The van der Waals surface area contributed by atoms with E-state index in [-0.39, 0.29) is 5.91 Å². The monoisotopic (exact) mass is 262 g/mol. The second kappa shape index (κ2) is 6.27. The van der Waals surface area contributed by atoms with Gasteiger partial charge in [-0.25, -0.2) is 0 Å². The van der Waals surface area contributed by atoms with Crippen LogP contribution in [0.2, 0.25) is 0 Å². The van der Waals surface area contributed by atoms with Crippen LogP contribution in [0.15, 0.2) is 12.1 Å². The Labute approximate surface area is 116 Å². The van der Waals surface area contributed by atoms with Crippen LogP contribution in [0.5, 0.6) is 0 Å². The summed E-state index contributed by atoms with van der Waals surface area (Å²) in [5, 5.41) is 3.25. The number of rotatable bonds is 5. The van der Waals surface area contributed by atoms with Crippen molar-refractivity contribution in [3.63, 3.8) is 0 Å². The zero-order valence-electron chi connectivity index (χ0n) is 12.4. The van der Waals surface area contributed by atoms with Gasteiger partial charge < -0.3 is 9.88 Å². The minimum atomic E-state index is 0.0870. The largest absolute Gasteiger partial charge is 0.348 e. The molecule has 3 nitrogen and oxygen atoms in total. The molecule has 0 aliphatic heterocycles. The van der Waals surface area contributed by atoms with Gasteiger partial charge in [0.15, 0.2) is 0 Å². The molecule has 0 spiro atoms. The number of carbonyl (C=O) groups is 1. The summed E-state index contributed by atoms with van der Waals surface area (Å²) in [5.41, 5.74) is 1.90. The maximum atomic E-state index is 12.3. The third-order valence-corrected chi connectivity index (χ3v) is 4.51. The van der Waals surface area contributed by atoms with Crippen LogP contribution in [-0.2, 0) is 7.05 Å². The molecule has 1 heterocycles. The maximum absolute atomic E-state index is 12.3. The summed E-state index contributed by atoms with van der Waals surface area (Å²) in [6.45, 7) is 4.26. The average Bonchev–Trinajstić information content (AvgIpc) is 2.95. The second-order valence-corrected chi connectivity index (χ2v) is 5.83. The molecule has 2 atom stereocenters. The number of amides is 1. The summed E-state index contributed by atoms with van der Waals surface area (Å²) < 4.78 is 1.96. The first-order valence-corrected chi connectivity index (χ1v) is 7.56. The molecule has 0 radical (unpaired) electrons. The van der Waals surface area contributed by atoms with Gasteiger partial charge >= 0.3 is 0 Å². The molecule has 1 aliphatic rings. The van der Waals surface area contributed by atoms with Crippen LogP contribution < -0.4 is 5.32 Å². The number of carbonyl (C=O) groups excluding carboxylic acids is 1. The number of hydrogen-bond acceptors (Lipinski definition) is 1. The Morgan fingerprint density at radius 1 is 1.42 bits per heavy atom. The van der Waals surface area contributed by atoms with Gasteiger partial charge in [0.1, 0.15) is 5.69 Å². The topological polar surface area (TPSA) is 34.0 Å². The fraction of sp³-hybridized carbons (Fsp3) is 0.688. The van der Waals surface area contributed by atoms with Gasteiger partial charge in [0, 0.05) is 18.8 Å². The van der Waals surface area contributed by atoms with Gasteiger partial charge in [-0.2, -0.15) is 0 Å². The summed E-state index contributed by atoms with van der Waals surface area (Å²) in [5.74, 6) is 0.772. The lowest BCUT2D eigenvalue weighted by molar-refractivity contribution is 0.0918. The number of hydrogen-bond donors (Lipinski definition) is 1. The average molecular weight is 262 g/mol. The van der Waals surface area contributed by atoms with Gasteiger partial charge in [-0.1, -0.05) is 26.2 Å². The summed E-state index contributed by atoms with van der Waals surface area (Å²) in [6.07, 6.45) is 7.45. The van der Waals surface area contributed by atoms with Crippen molar-refractivity contribution in [2.45, 2.75) is 58.4 Å². The van der Waals surface area contributed by atoms with Crippen molar-refractivity contribution in [1.29, 1.82) is 0 Å². The van der Waals surface area contributed by atoms with Crippen molar-refractivity contribution in [2.24, 2.45) is 13.0 Å². The number of nitrogens with zero attached hydrogens (tertiary/aromatic N) is 1. The quantitative estimate of drug-likeness (QED) is 0.866. The molecule has 1 aromatic heterocycles. The molecule has 0 aromatic carbocycles. The molecular formula is C16H26N2O. The molecule has 2 unspecified atom stereocenters. The lowest BCUT2D eigenvalue weighted by Gasteiger charge is -2.21. The summed E-state index contributed by atoms with van der Waals surface area (Å²) >= 11 is 0. The van der Waals surface area contributed by atoms with Gasteiger partial charge in [-0.15, -0.1) is 0 Å². The standard InChI is InChI=1S/C16H26N2O/c1-4-5-7-13-8-6-9-14(13)17-16(19)15-11-10-12(2)18(15)3/h10-11,13-14H,4-9H2,1-3H3,(H,17,19). The fourth-order valence-corrected chi connectivity index (χ4v) is 3.12. The van der Waals surface area contributed by atoms with Gasteiger partial charge in [0.05, 0.1) is 0 Å². The summed E-state index contributed by atoms with van der Waals surface area (Å²) in [6, 6.07) is 4.30. The third kappa shape index (κ3) is 3.20. The second-order valence-electron chi connectivity index (χ2n) is 5.83. The Hall–Kier alpha value is -1.25. The maximum Gasteiger partial charge on any atom is 0.268 e. The van der Waals surface area contributed by atoms with Crippen molar-refractivity contribution >= 4 is 5.91 Å². The summed E-state index contributed by atoms with van der Waals surface area (Å²) in [4.78, 5) is 12.3. The van der Waals surface area contributed by atoms with Crippen LogP contribution in [0.3, 0.4) is 0 Å². The molecule has 1 saturated carbocycles. The molecule has 19 heavy (non-hydrogen) atoms. The van der Waals surface area contributed by atoms with E-state index < -0.39 is 0 Å². The Balaban J connectivity index is 1.96. The molecule has 3 heteroatoms. The Morgan fingerprint density at radius 2 is 2.21 bits per heavy atom. The van der Waals surface area contributed by atoms with E-state index in [1.807, 2.05) is 30.7 Å². The van der Waals surface area contributed by atoms with Crippen LogP contribution in [0.4, 0.5) is 0 Å². The van der Waals surface area contributed by atoms with Gasteiger partial charge in [0.25, 0.3) is 5.91 Å². The lowest BCUT2D eigenvalue weighted by atomic mass is 9.97. The minimum Gasteiger partial charge on any atom is -0.348 e. The van der Waals surface area contributed by atoms with E-state index in [2.05, 4.69) is 12.2 Å². The minimum absolute atomic E-state index is 0.0870. The van der Waals surface area contributed by atoms with E-state index in [0.29, 0.717) is 12.0 Å². The zero-order chi connectivity index (χ0) is 13.8. The van der Waals surface area contributed by atoms with E-state index in [1.54, 1.807) is 0 Å². The van der Waals surface area contributed by atoms with E-state index >= 15 is 0 Å². The van der Waals surface area contributed by atoms with Crippen LogP contribution in [0.25, 0.3) is 0 Å². The van der Waals surface area contributed by atoms with E-state index in [9.17, 15) is 4.79 Å². The highest BCUT2D eigenvalue weighted by atomic mass is 16.2. The Kier molecular flexibility index (Phi) is 4.67. The predicted molar refractivity (Wildman–Crippen MR) is 78.3 cm³/mol. The number of unbranched alkanes of at least 4 members (excludes halogenated alkanes) is 1. The summed E-state index contributed by atoms with van der Waals surface area (Å²) in [7, 11) is 1.95. The number of aromatic nitrogens is 1. The molecule has 0 saturated heterocycles. The Morgan fingerprint density at radius 3 is 2.84 bits per heavy atom. The molecule has 1 amide bonds. The molecule has 1 aromatic rings. The van der Waals surface area contributed by atoms with Gasteiger partial charge in [-0.05, 0) is 44.2 Å². The highest BCUT2D eigenvalue weighted by Crippen LogP contribution is 2.30. The molecular weight excluding hydrogens is 236 g/mol. The molecule has 2 rings (SSSR count). The van der Waals surface area contributed by atoms with Crippen molar-refractivity contribution in [2.75, 3.05) is 0 Å². The number of aryl methyl sites for hydroxylation is 1. The number of nitrogens with one attached hydrogen (secondary N) is 1. The van der Waals surface area contributed by atoms with E-state index in [1.165, 1.54) is 32.1 Å². The molecule has 1 fully saturated rings. The van der Waals surface area contributed by atoms with Crippen molar-refractivity contribution in [3.05, 3.63) is 23.5 Å². The fourth-order valence-electron chi connectivity index (χ4n) is 3.12. The first kappa shape index (κ1) is 14.2. The van der Waals surface area contributed by atoms with Crippen LogP contribution in [-0.4, -0.2) is 16.5 Å². The molecule has 1 aliphatic carbocycles. The smallest absolute Gasteiger partial charge is 0.268 e. The predicted octanol–water partition coefficient (Wildman–Crippen LogP) is 3.42. The van der Waals surface area contributed by atoms with Crippen LogP contribution >= 0.6 is 0 Å². The third-order valence-electron chi connectivity index (χ3n) is 4.51. The van der Waals surface area contributed by atoms with Crippen LogP contribution in [0.1, 0.15) is 61.6 Å².